The second kappa shape index (κ2) is 7.31. The fraction of sp³-hybridized carbons (Fsp3) is 0.227. The van der Waals surface area contributed by atoms with Crippen molar-refractivity contribution >= 4 is 27.8 Å². The Morgan fingerprint density at radius 3 is 2.71 bits per heavy atom. The van der Waals surface area contributed by atoms with E-state index < -0.39 is 0 Å². The number of nitrogens with one attached hydrogen (secondary N) is 2. The Morgan fingerprint density at radius 2 is 1.89 bits per heavy atom. The lowest BCUT2D eigenvalue weighted by Crippen LogP contribution is -2.28. The third kappa shape index (κ3) is 3.29. The van der Waals surface area contributed by atoms with Crippen molar-refractivity contribution in [1.29, 1.82) is 0 Å². The SMILES string of the molecule is CC(C)n1c(CCNC(=O)c2cc(=O)[nH]c3ccccc23)nc2ccccc21. The van der Waals surface area contributed by atoms with Crippen LogP contribution in [0.5, 0.6) is 0 Å². The Morgan fingerprint density at radius 1 is 1.14 bits per heavy atom. The van der Waals surface area contributed by atoms with Gasteiger partial charge in [0.1, 0.15) is 5.82 Å². The summed E-state index contributed by atoms with van der Waals surface area (Å²) in [5, 5.41) is 3.66. The minimum Gasteiger partial charge on any atom is -0.352 e. The highest BCUT2D eigenvalue weighted by Gasteiger charge is 2.14. The Hall–Kier alpha value is -3.41. The molecular formula is C22H22N4O2. The molecule has 28 heavy (non-hydrogen) atoms. The van der Waals surface area contributed by atoms with Gasteiger partial charge in [-0.05, 0) is 32.0 Å². The van der Waals surface area contributed by atoms with Crippen LogP contribution in [0.3, 0.4) is 0 Å². The predicted molar refractivity (Wildman–Crippen MR) is 111 cm³/mol. The van der Waals surface area contributed by atoms with Gasteiger partial charge < -0.3 is 14.9 Å². The Bertz CT molecular complexity index is 1220. The summed E-state index contributed by atoms with van der Waals surface area (Å²) in [6.07, 6.45) is 0.611. The summed E-state index contributed by atoms with van der Waals surface area (Å²) in [5.74, 6) is 0.682. The van der Waals surface area contributed by atoms with Crippen molar-refractivity contribution < 1.29 is 4.79 Å². The largest absolute Gasteiger partial charge is 0.352 e. The molecule has 4 aromatic rings. The molecular weight excluding hydrogens is 352 g/mol. The highest BCUT2D eigenvalue weighted by molar-refractivity contribution is 6.05. The molecule has 0 saturated heterocycles. The first-order valence-electron chi connectivity index (χ1n) is 9.40. The van der Waals surface area contributed by atoms with Crippen molar-refractivity contribution in [3.63, 3.8) is 0 Å². The van der Waals surface area contributed by atoms with E-state index in [1.807, 2.05) is 36.4 Å². The number of fused-ring (bicyclic) bond motifs is 2. The number of imidazole rings is 1. The van der Waals surface area contributed by atoms with Gasteiger partial charge in [-0.3, -0.25) is 9.59 Å². The van der Waals surface area contributed by atoms with E-state index in [0.717, 1.165) is 22.2 Å². The quantitative estimate of drug-likeness (QED) is 0.562. The van der Waals surface area contributed by atoms with E-state index in [0.29, 0.717) is 24.0 Å². The lowest BCUT2D eigenvalue weighted by Gasteiger charge is -2.13. The first-order chi connectivity index (χ1) is 13.5. The molecule has 0 bridgehead atoms. The zero-order chi connectivity index (χ0) is 19.7. The van der Waals surface area contributed by atoms with E-state index >= 15 is 0 Å². The average molecular weight is 374 g/mol. The molecule has 0 saturated carbocycles. The second-order valence-electron chi connectivity index (χ2n) is 7.08. The average Bonchev–Trinajstić information content (AvgIpc) is 3.05. The summed E-state index contributed by atoms with van der Waals surface area (Å²) in [6, 6.07) is 17.0. The van der Waals surface area contributed by atoms with Gasteiger partial charge in [0.2, 0.25) is 5.56 Å². The molecule has 6 heteroatoms. The zero-order valence-electron chi connectivity index (χ0n) is 15.9. The highest BCUT2D eigenvalue weighted by Crippen LogP contribution is 2.21. The standard InChI is InChI=1S/C22H22N4O2/c1-14(2)26-19-10-6-5-9-18(19)24-20(26)11-12-23-22(28)16-13-21(27)25-17-8-4-3-7-15(16)17/h3-10,13-14H,11-12H2,1-2H3,(H,23,28)(H,25,27). The number of aromatic nitrogens is 3. The van der Waals surface area contributed by atoms with Crippen molar-refractivity contribution in [2.24, 2.45) is 0 Å². The van der Waals surface area contributed by atoms with Crippen LogP contribution in [0, 0.1) is 0 Å². The minimum absolute atomic E-state index is 0.255. The molecule has 1 amide bonds. The van der Waals surface area contributed by atoms with Gasteiger partial charge in [-0.1, -0.05) is 30.3 Å². The molecule has 0 aliphatic heterocycles. The lowest BCUT2D eigenvalue weighted by atomic mass is 10.1. The number of carbonyl (C=O) groups excluding carboxylic acids is 1. The van der Waals surface area contributed by atoms with Crippen LogP contribution in [-0.4, -0.2) is 27.0 Å². The summed E-state index contributed by atoms with van der Waals surface area (Å²) in [5.41, 5.74) is 2.81. The highest BCUT2D eigenvalue weighted by atomic mass is 16.2. The normalized spacial score (nSPS) is 11.4. The molecule has 0 aliphatic carbocycles. The van der Waals surface area contributed by atoms with Gasteiger partial charge >= 0.3 is 0 Å². The fourth-order valence-corrected chi connectivity index (χ4v) is 3.62. The van der Waals surface area contributed by atoms with Crippen LogP contribution in [0.2, 0.25) is 0 Å². The van der Waals surface area contributed by atoms with Gasteiger partial charge in [0.25, 0.3) is 5.91 Å². The third-order valence-electron chi connectivity index (χ3n) is 4.81. The summed E-state index contributed by atoms with van der Waals surface area (Å²) in [6.45, 7) is 4.69. The zero-order valence-corrected chi connectivity index (χ0v) is 15.9. The molecule has 2 N–H and O–H groups in total. The molecule has 2 aromatic carbocycles. The molecule has 142 valence electrons. The van der Waals surface area contributed by atoms with E-state index in [1.54, 1.807) is 6.07 Å². The molecule has 0 radical (unpaired) electrons. The van der Waals surface area contributed by atoms with Gasteiger partial charge in [-0.25, -0.2) is 4.98 Å². The van der Waals surface area contributed by atoms with Crippen LogP contribution in [0.4, 0.5) is 0 Å². The summed E-state index contributed by atoms with van der Waals surface area (Å²) < 4.78 is 2.20. The van der Waals surface area contributed by atoms with E-state index in [1.165, 1.54) is 6.07 Å². The fourth-order valence-electron chi connectivity index (χ4n) is 3.62. The van der Waals surface area contributed by atoms with Crippen molar-refractivity contribution in [3.8, 4) is 0 Å². The van der Waals surface area contributed by atoms with E-state index in [-0.39, 0.29) is 17.5 Å². The molecule has 6 nitrogen and oxygen atoms in total. The number of benzene rings is 2. The van der Waals surface area contributed by atoms with Gasteiger partial charge in [0.05, 0.1) is 16.6 Å². The van der Waals surface area contributed by atoms with E-state index in [9.17, 15) is 9.59 Å². The smallest absolute Gasteiger partial charge is 0.252 e. The molecule has 0 fully saturated rings. The number of hydrogen-bond acceptors (Lipinski definition) is 3. The van der Waals surface area contributed by atoms with Gasteiger partial charge in [0.15, 0.2) is 0 Å². The number of H-pyrrole nitrogens is 1. The van der Waals surface area contributed by atoms with Crippen LogP contribution < -0.4 is 10.9 Å². The van der Waals surface area contributed by atoms with Crippen LogP contribution in [0.15, 0.2) is 59.4 Å². The molecule has 2 heterocycles. The number of carbonyl (C=O) groups is 1. The number of para-hydroxylation sites is 3. The maximum Gasteiger partial charge on any atom is 0.252 e. The van der Waals surface area contributed by atoms with Crippen molar-refractivity contribution in [1.82, 2.24) is 19.9 Å². The van der Waals surface area contributed by atoms with Crippen LogP contribution in [0.1, 0.15) is 36.1 Å². The number of amides is 1. The monoisotopic (exact) mass is 374 g/mol. The van der Waals surface area contributed by atoms with E-state index in [2.05, 4.69) is 34.8 Å². The summed E-state index contributed by atoms with van der Waals surface area (Å²) in [4.78, 5) is 32.1. The third-order valence-corrected chi connectivity index (χ3v) is 4.81. The Balaban J connectivity index is 1.55. The maximum atomic E-state index is 12.7. The first kappa shape index (κ1) is 18.0. The van der Waals surface area contributed by atoms with Gasteiger partial charge in [-0.15, -0.1) is 0 Å². The topological polar surface area (TPSA) is 79.8 Å². The molecule has 0 spiro atoms. The summed E-state index contributed by atoms with van der Waals surface area (Å²) >= 11 is 0. The molecule has 0 unspecified atom stereocenters. The Kier molecular flexibility index (Phi) is 4.69. The van der Waals surface area contributed by atoms with Crippen LogP contribution >= 0.6 is 0 Å². The first-order valence-corrected chi connectivity index (χ1v) is 9.40. The number of pyridine rings is 1. The number of hydrogen-bond donors (Lipinski definition) is 2. The molecule has 0 aliphatic rings. The van der Waals surface area contributed by atoms with Crippen molar-refractivity contribution in [2.75, 3.05) is 6.54 Å². The molecule has 2 aromatic heterocycles. The van der Waals surface area contributed by atoms with Crippen molar-refractivity contribution in [2.45, 2.75) is 26.3 Å². The predicted octanol–water partition coefficient (Wildman–Crippen LogP) is 3.43. The number of nitrogens with zero attached hydrogens (tertiary/aromatic N) is 2. The van der Waals surface area contributed by atoms with Gasteiger partial charge in [-0.2, -0.15) is 0 Å². The molecule has 0 atom stereocenters. The molecule has 4 rings (SSSR count). The minimum atomic E-state index is -0.287. The van der Waals surface area contributed by atoms with Crippen LogP contribution in [-0.2, 0) is 6.42 Å². The van der Waals surface area contributed by atoms with Crippen LogP contribution in [0.25, 0.3) is 21.9 Å². The Labute approximate surface area is 162 Å². The number of rotatable bonds is 5. The van der Waals surface area contributed by atoms with Gasteiger partial charge in [0, 0.05) is 36.0 Å². The second-order valence-corrected chi connectivity index (χ2v) is 7.08. The van der Waals surface area contributed by atoms with E-state index in [4.69, 9.17) is 4.98 Å². The number of aromatic amines is 1. The summed E-state index contributed by atoms with van der Waals surface area (Å²) in [7, 11) is 0. The lowest BCUT2D eigenvalue weighted by molar-refractivity contribution is 0.0955. The van der Waals surface area contributed by atoms with Crippen molar-refractivity contribution in [3.05, 3.63) is 76.3 Å². The maximum absolute atomic E-state index is 12.7.